The Labute approximate surface area is 120 Å². The Kier molecular flexibility index (Phi) is 3.97. The zero-order chi connectivity index (χ0) is 14.2. The van der Waals surface area contributed by atoms with Gasteiger partial charge in [-0.05, 0) is 31.9 Å². The number of carbonyl (C=O) groups is 1. The van der Waals surface area contributed by atoms with Crippen LogP contribution < -0.4 is 5.32 Å². The third-order valence-corrected chi connectivity index (χ3v) is 4.17. The Morgan fingerprint density at radius 3 is 2.68 bits per heavy atom. The molecule has 0 saturated carbocycles. The zero-order valence-corrected chi connectivity index (χ0v) is 12.5. The molecule has 3 nitrogen and oxygen atoms in total. The van der Waals surface area contributed by atoms with E-state index in [1.54, 1.807) is 6.07 Å². The quantitative estimate of drug-likeness (QED) is 0.893. The minimum Gasteiger partial charge on any atom is -0.481 e. The highest BCUT2D eigenvalue weighted by molar-refractivity contribution is 9.10. The monoisotopic (exact) mass is 329 g/mol. The Balaban J connectivity index is 2.20. The summed E-state index contributed by atoms with van der Waals surface area (Å²) in [6, 6.07) is 5.52. The molecule has 0 amide bonds. The maximum absolute atomic E-state index is 13.9. The number of halogens is 2. The molecule has 1 aliphatic heterocycles. The van der Waals surface area contributed by atoms with E-state index >= 15 is 0 Å². The Hall–Kier alpha value is -0.940. The average Bonchev–Trinajstić information content (AvgIpc) is 2.76. The second-order valence-electron chi connectivity index (χ2n) is 5.44. The van der Waals surface area contributed by atoms with Crippen molar-refractivity contribution in [1.82, 2.24) is 5.32 Å². The lowest BCUT2D eigenvalue weighted by atomic mass is 9.95. The van der Waals surface area contributed by atoms with E-state index in [0.717, 1.165) is 10.0 Å². The summed E-state index contributed by atoms with van der Waals surface area (Å²) in [5.74, 6) is -1.11. The van der Waals surface area contributed by atoms with E-state index in [0.29, 0.717) is 18.5 Å². The summed E-state index contributed by atoms with van der Waals surface area (Å²) >= 11 is 3.39. The van der Waals surface area contributed by atoms with Crippen molar-refractivity contribution in [1.29, 1.82) is 0 Å². The molecule has 1 aromatic carbocycles. The molecular formula is C14H17BrFNO2. The highest BCUT2D eigenvalue weighted by Crippen LogP contribution is 2.35. The van der Waals surface area contributed by atoms with Gasteiger partial charge in [-0.15, -0.1) is 0 Å². The number of benzene rings is 1. The molecule has 0 aromatic heterocycles. The molecular weight excluding hydrogens is 313 g/mol. The SMILES string of the molecule is CC(C)(F)c1ccc(C2CC(C(=O)O)CN2)cc1Br. The molecule has 5 heteroatoms. The number of carboxylic acids is 1. The van der Waals surface area contributed by atoms with Gasteiger partial charge >= 0.3 is 5.97 Å². The van der Waals surface area contributed by atoms with Crippen molar-refractivity contribution in [3.05, 3.63) is 33.8 Å². The summed E-state index contributed by atoms with van der Waals surface area (Å²) in [5, 5.41) is 12.2. The van der Waals surface area contributed by atoms with Crippen LogP contribution in [0.2, 0.25) is 0 Å². The van der Waals surface area contributed by atoms with Gasteiger partial charge in [0.15, 0.2) is 0 Å². The lowest BCUT2D eigenvalue weighted by Gasteiger charge is -2.19. The van der Waals surface area contributed by atoms with Crippen LogP contribution in [0.4, 0.5) is 4.39 Å². The molecule has 104 valence electrons. The summed E-state index contributed by atoms with van der Waals surface area (Å²) < 4.78 is 14.7. The van der Waals surface area contributed by atoms with E-state index in [-0.39, 0.29) is 12.0 Å². The number of aliphatic carboxylic acids is 1. The Morgan fingerprint density at radius 2 is 2.21 bits per heavy atom. The second kappa shape index (κ2) is 5.21. The third-order valence-electron chi connectivity index (χ3n) is 3.52. The van der Waals surface area contributed by atoms with Crippen molar-refractivity contribution in [2.45, 2.75) is 32.0 Å². The standard InChI is InChI=1S/C14H17BrFNO2/c1-14(2,16)10-4-3-8(5-11(10)15)12-6-9(7-17-12)13(18)19/h3-5,9,12,17H,6-7H2,1-2H3,(H,18,19). The van der Waals surface area contributed by atoms with E-state index in [1.807, 2.05) is 12.1 Å². The summed E-state index contributed by atoms with van der Waals surface area (Å²) in [7, 11) is 0. The second-order valence-corrected chi connectivity index (χ2v) is 6.30. The molecule has 2 unspecified atom stereocenters. The van der Waals surface area contributed by atoms with Crippen molar-refractivity contribution in [2.75, 3.05) is 6.54 Å². The van der Waals surface area contributed by atoms with E-state index in [4.69, 9.17) is 5.11 Å². The lowest BCUT2D eigenvalue weighted by Crippen LogP contribution is -2.17. The number of alkyl halides is 1. The first kappa shape index (κ1) is 14.5. The van der Waals surface area contributed by atoms with Gasteiger partial charge in [-0.25, -0.2) is 4.39 Å². The molecule has 0 radical (unpaired) electrons. The van der Waals surface area contributed by atoms with Crippen LogP contribution in [-0.4, -0.2) is 17.6 Å². The fourth-order valence-electron chi connectivity index (χ4n) is 2.41. The number of hydrogen-bond acceptors (Lipinski definition) is 2. The maximum atomic E-state index is 13.9. The van der Waals surface area contributed by atoms with Crippen molar-refractivity contribution in [2.24, 2.45) is 5.92 Å². The van der Waals surface area contributed by atoms with E-state index in [1.165, 1.54) is 13.8 Å². The van der Waals surface area contributed by atoms with Gasteiger partial charge < -0.3 is 10.4 Å². The first-order valence-electron chi connectivity index (χ1n) is 6.24. The van der Waals surface area contributed by atoms with Crippen LogP contribution >= 0.6 is 15.9 Å². The first-order chi connectivity index (χ1) is 8.79. The van der Waals surface area contributed by atoms with Crippen molar-refractivity contribution in [3.63, 3.8) is 0 Å². The zero-order valence-electron chi connectivity index (χ0n) is 10.9. The molecule has 2 N–H and O–H groups in total. The van der Waals surface area contributed by atoms with Crippen molar-refractivity contribution in [3.8, 4) is 0 Å². The number of nitrogens with one attached hydrogen (secondary N) is 1. The van der Waals surface area contributed by atoms with Crippen LogP contribution in [0.25, 0.3) is 0 Å². The van der Waals surface area contributed by atoms with Gasteiger partial charge in [0.2, 0.25) is 0 Å². The highest BCUT2D eigenvalue weighted by Gasteiger charge is 2.31. The van der Waals surface area contributed by atoms with E-state index in [2.05, 4.69) is 21.2 Å². The van der Waals surface area contributed by atoms with Crippen LogP contribution in [0.15, 0.2) is 22.7 Å². The molecule has 19 heavy (non-hydrogen) atoms. The number of hydrogen-bond donors (Lipinski definition) is 2. The van der Waals surface area contributed by atoms with Crippen LogP contribution in [0, 0.1) is 5.92 Å². The molecule has 1 saturated heterocycles. The largest absolute Gasteiger partial charge is 0.481 e. The fourth-order valence-corrected chi connectivity index (χ4v) is 3.28. The molecule has 1 aliphatic rings. The maximum Gasteiger partial charge on any atom is 0.307 e. The van der Waals surface area contributed by atoms with E-state index in [9.17, 15) is 9.18 Å². The van der Waals surface area contributed by atoms with Crippen LogP contribution in [0.5, 0.6) is 0 Å². The van der Waals surface area contributed by atoms with Crippen LogP contribution in [0.3, 0.4) is 0 Å². The molecule has 1 heterocycles. The summed E-state index contributed by atoms with van der Waals surface area (Å²) in [6.07, 6.45) is 0.570. The number of carboxylic acid groups (broad SMARTS) is 1. The Bertz CT molecular complexity index is 499. The fraction of sp³-hybridized carbons (Fsp3) is 0.500. The van der Waals surface area contributed by atoms with Crippen molar-refractivity contribution >= 4 is 21.9 Å². The van der Waals surface area contributed by atoms with Gasteiger partial charge in [0.25, 0.3) is 0 Å². The highest BCUT2D eigenvalue weighted by atomic mass is 79.9. The first-order valence-corrected chi connectivity index (χ1v) is 7.03. The van der Waals surface area contributed by atoms with Gasteiger partial charge in [0.1, 0.15) is 5.67 Å². The molecule has 0 spiro atoms. The lowest BCUT2D eigenvalue weighted by molar-refractivity contribution is -0.141. The molecule has 1 fully saturated rings. The van der Waals surface area contributed by atoms with Gasteiger partial charge in [0.05, 0.1) is 5.92 Å². The van der Waals surface area contributed by atoms with Gasteiger partial charge in [-0.2, -0.15) is 0 Å². The predicted octanol–water partition coefficient (Wildman–Crippen LogP) is 3.39. The molecule has 0 bridgehead atoms. The van der Waals surface area contributed by atoms with Gasteiger partial charge in [0, 0.05) is 22.6 Å². The van der Waals surface area contributed by atoms with E-state index < -0.39 is 11.6 Å². The molecule has 2 rings (SSSR count). The van der Waals surface area contributed by atoms with Crippen LogP contribution in [0.1, 0.15) is 37.4 Å². The smallest absolute Gasteiger partial charge is 0.307 e. The normalized spacial score (nSPS) is 23.6. The van der Waals surface area contributed by atoms with Gasteiger partial charge in [-0.3, -0.25) is 4.79 Å². The Morgan fingerprint density at radius 1 is 1.53 bits per heavy atom. The minimum atomic E-state index is -1.40. The predicted molar refractivity (Wildman–Crippen MR) is 74.8 cm³/mol. The summed E-state index contributed by atoms with van der Waals surface area (Å²) in [6.45, 7) is 3.51. The summed E-state index contributed by atoms with van der Waals surface area (Å²) in [4.78, 5) is 10.9. The third kappa shape index (κ3) is 3.15. The van der Waals surface area contributed by atoms with Gasteiger partial charge in [-0.1, -0.05) is 28.1 Å². The van der Waals surface area contributed by atoms with Crippen molar-refractivity contribution < 1.29 is 14.3 Å². The minimum absolute atomic E-state index is 0.0224. The van der Waals surface area contributed by atoms with Crippen LogP contribution in [-0.2, 0) is 10.5 Å². The molecule has 1 aromatic rings. The topological polar surface area (TPSA) is 49.3 Å². The number of rotatable bonds is 3. The molecule has 2 atom stereocenters. The average molecular weight is 330 g/mol. The summed E-state index contributed by atoms with van der Waals surface area (Å²) in [5.41, 5.74) is 0.192. The molecule has 0 aliphatic carbocycles.